The topological polar surface area (TPSA) is 110 Å². The Morgan fingerprint density at radius 3 is 2.77 bits per heavy atom. The van der Waals surface area contributed by atoms with Crippen LogP contribution in [0.2, 0.25) is 0 Å². The van der Waals surface area contributed by atoms with Crippen molar-refractivity contribution in [2.75, 3.05) is 29.2 Å². The van der Waals surface area contributed by atoms with E-state index in [1.165, 1.54) is 30.3 Å². The number of benzene rings is 2. The van der Waals surface area contributed by atoms with Gasteiger partial charge in [0.2, 0.25) is 11.8 Å². The molecule has 0 spiro atoms. The third kappa shape index (κ3) is 4.15. The summed E-state index contributed by atoms with van der Waals surface area (Å²) >= 11 is 1.27. The van der Waals surface area contributed by atoms with Crippen molar-refractivity contribution in [3.8, 4) is 11.5 Å². The molecule has 0 unspecified atom stereocenters. The zero-order chi connectivity index (χ0) is 22.1. The van der Waals surface area contributed by atoms with Crippen LogP contribution in [-0.4, -0.2) is 42.5 Å². The van der Waals surface area contributed by atoms with E-state index in [-0.39, 0.29) is 24.3 Å². The predicted octanol–water partition coefficient (Wildman–Crippen LogP) is 3.02. The Morgan fingerprint density at radius 2 is 2.03 bits per heavy atom. The highest BCUT2D eigenvalue weighted by atomic mass is 32.1. The van der Waals surface area contributed by atoms with Crippen molar-refractivity contribution in [2.24, 2.45) is 0 Å². The van der Waals surface area contributed by atoms with Crippen LogP contribution < -0.4 is 25.0 Å². The van der Waals surface area contributed by atoms with Gasteiger partial charge in [-0.15, -0.1) is 0 Å². The van der Waals surface area contributed by atoms with Crippen LogP contribution in [0.3, 0.4) is 0 Å². The molecule has 10 heteroatoms. The summed E-state index contributed by atoms with van der Waals surface area (Å²) in [5.74, 6) is 0.133. The number of para-hydroxylation sites is 2. The van der Waals surface area contributed by atoms with Crippen LogP contribution in [0.4, 0.5) is 16.5 Å². The fourth-order valence-electron chi connectivity index (χ4n) is 3.30. The van der Waals surface area contributed by atoms with Gasteiger partial charge in [-0.05, 0) is 25.1 Å². The molecule has 0 saturated carbocycles. The first-order chi connectivity index (χ1) is 14.9. The summed E-state index contributed by atoms with van der Waals surface area (Å²) in [6, 6.07) is 10.5. The van der Waals surface area contributed by atoms with Crippen molar-refractivity contribution in [2.45, 2.75) is 20.0 Å². The molecule has 0 saturated heterocycles. The van der Waals surface area contributed by atoms with Gasteiger partial charge in [-0.3, -0.25) is 19.3 Å². The van der Waals surface area contributed by atoms with E-state index in [1.54, 1.807) is 37.3 Å². The number of hydrogen-bond donors (Lipinski definition) is 2. The summed E-state index contributed by atoms with van der Waals surface area (Å²) in [7, 11) is 1.50. The van der Waals surface area contributed by atoms with Crippen LogP contribution in [0.1, 0.15) is 13.8 Å². The maximum absolute atomic E-state index is 12.8. The van der Waals surface area contributed by atoms with Crippen molar-refractivity contribution in [3.63, 3.8) is 0 Å². The number of rotatable bonds is 5. The van der Waals surface area contributed by atoms with Gasteiger partial charge < -0.3 is 20.1 Å². The monoisotopic (exact) mass is 440 g/mol. The van der Waals surface area contributed by atoms with E-state index in [4.69, 9.17) is 9.47 Å². The third-order valence-corrected chi connectivity index (χ3v) is 5.54. The van der Waals surface area contributed by atoms with Crippen LogP contribution in [0.15, 0.2) is 36.4 Å². The molecule has 31 heavy (non-hydrogen) atoms. The van der Waals surface area contributed by atoms with Crippen molar-refractivity contribution >= 4 is 55.8 Å². The van der Waals surface area contributed by atoms with E-state index in [0.29, 0.717) is 33.5 Å². The summed E-state index contributed by atoms with van der Waals surface area (Å²) in [5, 5.41) is 5.90. The number of amides is 3. The summed E-state index contributed by atoms with van der Waals surface area (Å²) in [5.41, 5.74) is 1.63. The minimum absolute atomic E-state index is 0.163. The molecule has 9 nitrogen and oxygen atoms in total. The zero-order valence-electron chi connectivity index (χ0n) is 17.1. The second-order valence-electron chi connectivity index (χ2n) is 6.93. The van der Waals surface area contributed by atoms with Crippen molar-refractivity contribution in [1.29, 1.82) is 0 Å². The number of ether oxygens (including phenoxy) is 2. The van der Waals surface area contributed by atoms with Crippen LogP contribution in [-0.2, 0) is 14.4 Å². The van der Waals surface area contributed by atoms with Gasteiger partial charge in [0.25, 0.3) is 5.91 Å². The molecule has 0 aliphatic carbocycles. The molecule has 3 amide bonds. The van der Waals surface area contributed by atoms with Gasteiger partial charge in [0.05, 0.1) is 17.5 Å². The van der Waals surface area contributed by atoms with E-state index in [9.17, 15) is 14.4 Å². The SMILES string of the molecule is COc1cc(NC(=O)CN2C(=O)[C@H](C)Oc3ccccc32)cc2sc(NC(C)=O)nc12. The minimum atomic E-state index is -0.677. The number of carbonyl (C=O) groups is 3. The minimum Gasteiger partial charge on any atom is -0.494 e. The standard InChI is InChI=1S/C21H20N4O5S/c1-11-20(28)25(14-6-4-5-7-15(14)30-11)10-18(27)23-13-8-16(29-3)19-17(9-13)31-21(24-19)22-12(2)26/h4-9,11H,10H2,1-3H3,(H,23,27)(H,22,24,26)/t11-/m0/s1. The highest BCUT2D eigenvalue weighted by molar-refractivity contribution is 7.22. The second kappa shape index (κ2) is 8.23. The molecular weight excluding hydrogens is 420 g/mol. The first-order valence-corrected chi connectivity index (χ1v) is 10.3. The van der Waals surface area contributed by atoms with Gasteiger partial charge in [-0.2, -0.15) is 0 Å². The van der Waals surface area contributed by atoms with Crippen molar-refractivity contribution in [3.05, 3.63) is 36.4 Å². The van der Waals surface area contributed by atoms with Gasteiger partial charge in [0.1, 0.15) is 23.6 Å². The molecule has 3 aromatic rings. The number of fused-ring (bicyclic) bond motifs is 2. The Hall–Kier alpha value is -3.66. The Balaban J connectivity index is 1.57. The van der Waals surface area contributed by atoms with E-state index in [2.05, 4.69) is 15.6 Å². The summed E-state index contributed by atoms with van der Waals surface area (Å²) in [6.07, 6.45) is -0.677. The van der Waals surface area contributed by atoms with E-state index in [1.807, 2.05) is 6.07 Å². The number of nitrogens with zero attached hydrogens (tertiary/aromatic N) is 2. The van der Waals surface area contributed by atoms with Gasteiger partial charge in [0, 0.05) is 18.7 Å². The molecule has 2 heterocycles. The van der Waals surface area contributed by atoms with E-state index in [0.717, 1.165) is 4.70 Å². The molecular formula is C21H20N4O5S. The number of nitrogens with one attached hydrogen (secondary N) is 2. The lowest BCUT2D eigenvalue weighted by molar-refractivity contribution is -0.127. The molecule has 160 valence electrons. The number of thiazole rings is 1. The lowest BCUT2D eigenvalue weighted by Crippen LogP contribution is -2.47. The van der Waals surface area contributed by atoms with E-state index < -0.39 is 6.10 Å². The van der Waals surface area contributed by atoms with Crippen LogP contribution in [0.25, 0.3) is 10.2 Å². The average Bonchev–Trinajstić information content (AvgIpc) is 3.12. The molecule has 1 aliphatic heterocycles. The lowest BCUT2D eigenvalue weighted by atomic mass is 10.2. The maximum Gasteiger partial charge on any atom is 0.268 e. The first-order valence-electron chi connectivity index (χ1n) is 9.49. The maximum atomic E-state index is 12.8. The van der Waals surface area contributed by atoms with Crippen molar-refractivity contribution in [1.82, 2.24) is 4.98 Å². The molecule has 1 aromatic heterocycles. The molecule has 1 aliphatic rings. The molecule has 4 rings (SSSR count). The zero-order valence-corrected chi connectivity index (χ0v) is 17.9. The highest BCUT2D eigenvalue weighted by Crippen LogP contribution is 2.36. The fourth-order valence-corrected chi connectivity index (χ4v) is 4.27. The Morgan fingerprint density at radius 1 is 1.26 bits per heavy atom. The summed E-state index contributed by atoms with van der Waals surface area (Å²) in [4.78, 5) is 42.5. The molecule has 2 aromatic carbocycles. The Bertz CT molecular complexity index is 1190. The Labute approximate surface area is 182 Å². The lowest BCUT2D eigenvalue weighted by Gasteiger charge is -2.32. The average molecular weight is 440 g/mol. The molecule has 0 bridgehead atoms. The Kier molecular flexibility index (Phi) is 5.47. The van der Waals surface area contributed by atoms with E-state index >= 15 is 0 Å². The number of hydrogen-bond acceptors (Lipinski definition) is 7. The van der Waals surface area contributed by atoms with Crippen molar-refractivity contribution < 1.29 is 23.9 Å². The second-order valence-corrected chi connectivity index (χ2v) is 7.96. The molecule has 0 fully saturated rings. The first kappa shape index (κ1) is 20.6. The molecule has 0 radical (unpaired) electrons. The smallest absolute Gasteiger partial charge is 0.268 e. The molecule has 1 atom stereocenters. The predicted molar refractivity (Wildman–Crippen MR) is 118 cm³/mol. The summed E-state index contributed by atoms with van der Waals surface area (Å²) in [6.45, 7) is 2.89. The van der Waals surface area contributed by atoms with Crippen LogP contribution in [0, 0.1) is 0 Å². The quantitative estimate of drug-likeness (QED) is 0.631. The van der Waals surface area contributed by atoms with Crippen LogP contribution >= 0.6 is 11.3 Å². The number of carbonyl (C=O) groups excluding carboxylic acids is 3. The molecule has 2 N–H and O–H groups in total. The highest BCUT2D eigenvalue weighted by Gasteiger charge is 2.32. The largest absolute Gasteiger partial charge is 0.494 e. The van der Waals surface area contributed by atoms with Gasteiger partial charge in [0.15, 0.2) is 11.2 Å². The fraction of sp³-hybridized carbons (Fsp3) is 0.238. The van der Waals surface area contributed by atoms with Gasteiger partial charge in [-0.25, -0.2) is 4.98 Å². The van der Waals surface area contributed by atoms with Gasteiger partial charge >= 0.3 is 0 Å². The third-order valence-electron chi connectivity index (χ3n) is 4.62. The number of anilines is 3. The number of methoxy groups -OCH3 is 1. The normalized spacial score (nSPS) is 15.3. The summed E-state index contributed by atoms with van der Waals surface area (Å²) < 4.78 is 11.7. The van der Waals surface area contributed by atoms with Gasteiger partial charge in [-0.1, -0.05) is 23.5 Å². The number of aromatic nitrogens is 1. The van der Waals surface area contributed by atoms with Crippen LogP contribution in [0.5, 0.6) is 11.5 Å².